The first-order valence-electron chi connectivity index (χ1n) is 6.46. The molecule has 0 fully saturated rings. The zero-order valence-corrected chi connectivity index (χ0v) is 12.4. The second-order valence-electron chi connectivity index (χ2n) is 4.46. The Balaban J connectivity index is 2.45. The average Bonchev–Trinajstić information content (AvgIpc) is 2.53. The summed E-state index contributed by atoms with van der Waals surface area (Å²) in [5.41, 5.74) is 0.566. The summed E-state index contributed by atoms with van der Waals surface area (Å²) in [5, 5.41) is 11.0. The number of halogens is 1. The first-order chi connectivity index (χ1) is 10.5. The molecular formula is C16H13ClN2O3. The van der Waals surface area contributed by atoms with E-state index >= 15 is 0 Å². The molecule has 6 heteroatoms. The topological polar surface area (TPSA) is 63.5 Å². The highest BCUT2D eigenvalue weighted by molar-refractivity contribution is 6.34. The minimum absolute atomic E-state index is 0.0848. The van der Waals surface area contributed by atoms with Crippen molar-refractivity contribution in [1.82, 2.24) is 0 Å². The summed E-state index contributed by atoms with van der Waals surface area (Å²) >= 11 is 6.03. The van der Waals surface area contributed by atoms with E-state index in [0.29, 0.717) is 5.69 Å². The van der Waals surface area contributed by atoms with E-state index < -0.39 is 10.8 Å². The normalized spacial score (nSPS) is 10.0. The van der Waals surface area contributed by atoms with Gasteiger partial charge in [0.15, 0.2) is 0 Å². The highest BCUT2D eigenvalue weighted by atomic mass is 35.5. The molecule has 0 aromatic heterocycles. The molecule has 0 unspecified atom stereocenters. The Morgan fingerprint density at radius 2 is 1.95 bits per heavy atom. The second kappa shape index (κ2) is 6.87. The standard InChI is InChI=1S/C16H13ClN2O3/c1-2-10-18(12-6-4-3-5-7-12)16(20)14-11-13(19(21)22)8-9-15(14)17/h2-9,11H,1,10H2. The number of carbonyl (C=O) groups excluding carboxylic acids is 1. The van der Waals surface area contributed by atoms with Gasteiger partial charge in [-0.3, -0.25) is 14.9 Å². The summed E-state index contributed by atoms with van der Waals surface area (Å²) in [6, 6.07) is 12.8. The van der Waals surface area contributed by atoms with Crippen LogP contribution in [0.2, 0.25) is 5.02 Å². The quantitative estimate of drug-likeness (QED) is 0.474. The minimum atomic E-state index is -0.562. The third kappa shape index (κ3) is 3.32. The van der Waals surface area contributed by atoms with Crippen LogP contribution >= 0.6 is 11.6 Å². The number of rotatable bonds is 5. The number of para-hydroxylation sites is 1. The maximum absolute atomic E-state index is 12.7. The average molecular weight is 317 g/mol. The fourth-order valence-corrected chi connectivity index (χ4v) is 2.18. The third-order valence-corrected chi connectivity index (χ3v) is 3.35. The summed E-state index contributed by atoms with van der Waals surface area (Å²) in [6.07, 6.45) is 1.58. The molecule has 0 radical (unpaired) electrons. The number of nitro benzene ring substituents is 1. The second-order valence-corrected chi connectivity index (χ2v) is 4.87. The monoisotopic (exact) mass is 316 g/mol. The Morgan fingerprint density at radius 3 is 2.55 bits per heavy atom. The first kappa shape index (κ1) is 15.7. The summed E-state index contributed by atoms with van der Waals surface area (Å²) < 4.78 is 0. The van der Waals surface area contributed by atoms with E-state index in [-0.39, 0.29) is 22.8 Å². The van der Waals surface area contributed by atoms with Crippen LogP contribution in [0.1, 0.15) is 10.4 Å². The number of nitrogens with zero attached hydrogens (tertiary/aromatic N) is 2. The van der Waals surface area contributed by atoms with Gasteiger partial charge in [0, 0.05) is 24.4 Å². The van der Waals surface area contributed by atoms with E-state index in [1.807, 2.05) is 6.07 Å². The summed E-state index contributed by atoms with van der Waals surface area (Å²) in [6.45, 7) is 3.90. The van der Waals surface area contributed by atoms with E-state index in [0.717, 1.165) is 0 Å². The largest absolute Gasteiger partial charge is 0.305 e. The van der Waals surface area contributed by atoms with E-state index in [1.54, 1.807) is 30.3 Å². The van der Waals surface area contributed by atoms with Gasteiger partial charge in [-0.05, 0) is 18.2 Å². The van der Waals surface area contributed by atoms with Crippen LogP contribution < -0.4 is 4.90 Å². The molecule has 0 heterocycles. The van der Waals surface area contributed by atoms with Crippen LogP contribution in [0.4, 0.5) is 11.4 Å². The van der Waals surface area contributed by atoms with Gasteiger partial charge in [0.2, 0.25) is 0 Å². The van der Waals surface area contributed by atoms with Crippen LogP contribution in [-0.4, -0.2) is 17.4 Å². The number of nitro groups is 1. The van der Waals surface area contributed by atoms with Crippen LogP contribution in [0, 0.1) is 10.1 Å². The van der Waals surface area contributed by atoms with Gasteiger partial charge < -0.3 is 4.90 Å². The Kier molecular flexibility index (Phi) is 4.91. The Hall–Kier alpha value is -2.66. The van der Waals surface area contributed by atoms with Gasteiger partial charge in [0.25, 0.3) is 11.6 Å². The molecule has 0 saturated carbocycles. The molecule has 22 heavy (non-hydrogen) atoms. The molecule has 5 nitrogen and oxygen atoms in total. The first-order valence-corrected chi connectivity index (χ1v) is 6.84. The van der Waals surface area contributed by atoms with Crippen molar-refractivity contribution < 1.29 is 9.72 Å². The smallest absolute Gasteiger partial charge is 0.270 e. The molecule has 0 spiro atoms. The lowest BCUT2D eigenvalue weighted by Gasteiger charge is -2.21. The highest BCUT2D eigenvalue weighted by Crippen LogP contribution is 2.25. The molecule has 0 N–H and O–H groups in total. The van der Waals surface area contributed by atoms with Crippen molar-refractivity contribution in [1.29, 1.82) is 0 Å². The van der Waals surface area contributed by atoms with Crippen LogP contribution in [-0.2, 0) is 0 Å². The van der Waals surface area contributed by atoms with Crippen LogP contribution in [0.3, 0.4) is 0 Å². The van der Waals surface area contributed by atoms with E-state index in [1.165, 1.54) is 23.1 Å². The highest BCUT2D eigenvalue weighted by Gasteiger charge is 2.21. The molecule has 2 rings (SSSR count). The summed E-state index contributed by atoms with van der Waals surface area (Å²) in [4.78, 5) is 24.5. The van der Waals surface area contributed by atoms with Gasteiger partial charge in [-0.1, -0.05) is 35.9 Å². The molecule has 1 amide bonds. The van der Waals surface area contributed by atoms with Gasteiger partial charge >= 0.3 is 0 Å². The van der Waals surface area contributed by atoms with Gasteiger partial charge in [-0.25, -0.2) is 0 Å². The lowest BCUT2D eigenvalue weighted by Crippen LogP contribution is -2.31. The predicted octanol–water partition coefficient (Wildman–Crippen LogP) is 4.08. The number of hydrogen-bond donors (Lipinski definition) is 0. The van der Waals surface area contributed by atoms with E-state index in [2.05, 4.69) is 6.58 Å². The number of benzene rings is 2. The van der Waals surface area contributed by atoms with Crippen molar-refractivity contribution in [3.8, 4) is 0 Å². The van der Waals surface area contributed by atoms with Gasteiger partial charge in [0.05, 0.1) is 15.5 Å². The van der Waals surface area contributed by atoms with Crippen molar-refractivity contribution in [2.45, 2.75) is 0 Å². The van der Waals surface area contributed by atoms with Crippen molar-refractivity contribution >= 4 is 28.9 Å². The van der Waals surface area contributed by atoms with Crippen molar-refractivity contribution in [3.05, 3.63) is 81.9 Å². The Bertz CT molecular complexity index is 717. The summed E-state index contributed by atoms with van der Waals surface area (Å²) in [5.74, 6) is -0.417. The fourth-order valence-electron chi connectivity index (χ4n) is 1.98. The summed E-state index contributed by atoms with van der Waals surface area (Å²) in [7, 11) is 0. The van der Waals surface area contributed by atoms with Crippen LogP contribution in [0.15, 0.2) is 61.2 Å². The number of carbonyl (C=O) groups is 1. The molecule has 0 aliphatic heterocycles. The van der Waals surface area contributed by atoms with Crippen molar-refractivity contribution in [2.24, 2.45) is 0 Å². The molecule has 0 saturated heterocycles. The molecule has 0 aliphatic carbocycles. The van der Waals surface area contributed by atoms with E-state index in [4.69, 9.17) is 11.6 Å². The van der Waals surface area contributed by atoms with Crippen LogP contribution in [0.25, 0.3) is 0 Å². The lowest BCUT2D eigenvalue weighted by molar-refractivity contribution is -0.384. The molecule has 0 bridgehead atoms. The molecular weight excluding hydrogens is 304 g/mol. The Labute approximate surface area is 132 Å². The fraction of sp³-hybridized carbons (Fsp3) is 0.0625. The number of non-ortho nitro benzene ring substituents is 1. The van der Waals surface area contributed by atoms with Crippen LogP contribution in [0.5, 0.6) is 0 Å². The zero-order valence-electron chi connectivity index (χ0n) is 11.6. The zero-order chi connectivity index (χ0) is 16.1. The third-order valence-electron chi connectivity index (χ3n) is 3.02. The number of anilines is 1. The molecule has 2 aromatic rings. The number of hydrogen-bond acceptors (Lipinski definition) is 3. The lowest BCUT2D eigenvalue weighted by atomic mass is 10.1. The molecule has 0 atom stereocenters. The molecule has 2 aromatic carbocycles. The van der Waals surface area contributed by atoms with Gasteiger partial charge in [-0.2, -0.15) is 0 Å². The van der Waals surface area contributed by atoms with E-state index in [9.17, 15) is 14.9 Å². The van der Waals surface area contributed by atoms with Crippen molar-refractivity contribution in [2.75, 3.05) is 11.4 Å². The maximum atomic E-state index is 12.7. The van der Waals surface area contributed by atoms with Gasteiger partial charge in [0.1, 0.15) is 0 Å². The molecule has 112 valence electrons. The maximum Gasteiger partial charge on any atom is 0.270 e. The van der Waals surface area contributed by atoms with Crippen molar-refractivity contribution in [3.63, 3.8) is 0 Å². The number of amides is 1. The predicted molar refractivity (Wildman–Crippen MR) is 86.4 cm³/mol. The minimum Gasteiger partial charge on any atom is -0.305 e. The SMILES string of the molecule is C=CCN(C(=O)c1cc([N+](=O)[O-])ccc1Cl)c1ccccc1. The Morgan fingerprint density at radius 1 is 1.27 bits per heavy atom. The van der Waals surface area contributed by atoms with Gasteiger partial charge in [-0.15, -0.1) is 6.58 Å². The molecule has 0 aliphatic rings.